The fourth-order valence-corrected chi connectivity index (χ4v) is 1.69. The third-order valence-electron chi connectivity index (χ3n) is 2.75. The number of hydrogen-bond donors (Lipinski definition) is 2. The molecule has 1 rings (SSSR count). The quantitative estimate of drug-likeness (QED) is 0.674. The molecule has 1 aromatic rings. The van der Waals surface area contributed by atoms with Gasteiger partial charge in [-0.15, -0.1) is 0 Å². The minimum atomic E-state index is -0.335. The van der Waals surface area contributed by atoms with E-state index in [4.69, 9.17) is 9.47 Å². The van der Waals surface area contributed by atoms with Crippen molar-refractivity contribution in [1.29, 1.82) is 0 Å². The zero-order chi connectivity index (χ0) is 14.1. The standard InChI is InChI=1S/C15H25NO3/c1-4-5-8-19-14-7-6-13(9-15(14)18-3)11-16-10-12(2)17/h6-7,9,12,16-17H,4-5,8,10-11H2,1-3H3. The highest BCUT2D eigenvalue weighted by Gasteiger charge is 2.06. The SMILES string of the molecule is CCCCOc1ccc(CNCC(C)O)cc1OC. The first-order chi connectivity index (χ1) is 9.17. The fraction of sp³-hybridized carbons (Fsp3) is 0.600. The van der Waals surface area contributed by atoms with E-state index in [9.17, 15) is 5.11 Å². The number of aliphatic hydroxyl groups excluding tert-OH is 1. The number of unbranched alkanes of at least 4 members (excludes halogenated alkanes) is 1. The number of rotatable bonds is 9. The topological polar surface area (TPSA) is 50.7 Å². The van der Waals surface area contributed by atoms with Crippen LogP contribution in [0.2, 0.25) is 0 Å². The molecule has 19 heavy (non-hydrogen) atoms. The van der Waals surface area contributed by atoms with E-state index in [1.54, 1.807) is 14.0 Å². The second-order valence-corrected chi connectivity index (χ2v) is 4.67. The Kier molecular flexibility index (Phi) is 7.30. The molecule has 0 radical (unpaired) electrons. The van der Waals surface area contributed by atoms with Crippen molar-refractivity contribution >= 4 is 0 Å². The lowest BCUT2D eigenvalue weighted by atomic mass is 10.2. The van der Waals surface area contributed by atoms with E-state index < -0.39 is 0 Å². The van der Waals surface area contributed by atoms with Crippen LogP contribution in [0.1, 0.15) is 32.3 Å². The lowest BCUT2D eigenvalue weighted by molar-refractivity contribution is 0.191. The van der Waals surface area contributed by atoms with Crippen molar-refractivity contribution in [1.82, 2.24) is 5.32 Å². The normalized spacial score (nSPS) is 12.2. The molecule has 0 saturated carbocycles. The van der Waals surface area contributed by atoms with Gasteiger partial charge in [0.2, 0.25) is 0 Å². The summed E-state index contributed by atoms with van der Waals surface area (Å²) >= 11 is 0. The molecule has 0 aliphatic heterocycles. The molecular weight excluding hydrogens is 242 g/mol. The molecule has 108 valence electrons. The van der Waals surface area contributed by atoms with E-state index in [0.717, 1.165) is 29.9 Å². The molecule has 0 aromatic heterocycles. The third kappa shape index (κ3) is 5.94. The maximum atomic E-state index is 9.19. The lowest BCUT2D eigenvalue weighted by Gasteiger charge is -2.13. The largest absolute Gasteiger partial charge is 0.493 e. The monoisotopic (exact) mass is 267 g/mol. The van der Waals surface area contributed by atoms with E-state index in [0.29, 0.717) is 19.7 Å². The Labute approximate surface area is 115 Å². The van der Waals surface area contributed by atoms with Crippen molar-refractivity contribution < 1.29 is 14.6 Å². The molecule has 4 nitrogen and oxygen atoms in total. The Hall–Kier alpha value is -1.26. The molecule has 4 heteroatoms. The molecule has 1 aromatic carbocycles. The predicted octanol–water partition coefficient (Wildman–Crippen LogP) is 2.34. The number of nitrogens with one attached hydrogen (secondary N) is 1. The van der Waals surface area contributed by atoms with Gasteiger partial charge in [0.05, 0.1) is 19.8 Å². The third-order valence-corrected chi connectivity index (χ3v) is 2.75. The highest BCUT2D eigenvalue weighted by atomic mass is 16.5. The molecule has 0 aliphatic rings. The Morgan fingerprint density at radius 2 is 2.11 bits per heavy atom. The van der Waals surface area contributed by atoms with Crippen molar-refractivity contribution in [2.75, 3.05) is 20.3 Å². The zero-order valence-corrected chi connectivity index (χ0v) is 12.1. The van der Waals surface area contributed by atoms with Crippen LogP contribution >= 0.6 is 0 Å². The van der Waals surface area contributed by atoms with Crippen LogP contribution in [0, 0.1) is 0 Å². The van der Waals surface area contributed by atoms with Crippen LogP contribution in [0.3, 0.4) is 0 Å². The fourth-order valence-electron chi connectivity index (χ4n) is 1.69. The smallest absolute Gasteiger partial charge is 0.161 e. The minimum Gasteiger partial charge on any atom is -0.493 e. The molecule has 0 amide bonds. The van der Waals surface area contributed by atoms with Crippen LogP contribution in [0.25, 0.3) is 0 Å². The second kappa shape index (κ2) is 8.77. The molecular formula is C15H25NO3. The van der Waals surface area contributed by atoms with Crippen LogP contribution in [0.4, 0.5) is 0 Å². The summed E-state index contributed by atoms with van der Waals surface area (Å²) in [5.74, 6) is 1.54. The highest BCUT2D eigenvalue weighted by Crippen LogP contribution is 2.28. The number of ether oxygens (including phenoxy) is 2. The van der Waals surface area contributed by atoms with E-state index in [-0.39, 0.29) is 6.10 Å². The van der Waals surface area contributed by atoms with Gasteiger partial charge in [0, 0.05) is 13.1 Å². The summed E-state index contributed by atoms with van der Waals surface area (Å²) < 4.78 is 11.0. The van der Waals surface area contributed by atoms with Crippen LogP contribution < -0.4 is 14.8 Å². The van der Waals surface area contributed by atoms with Gasteiger partial charge < -0.3 is 19.9 Å². The van der Waals surface area contributed by atoms with Gasteiger partial charge in [-0.1, -0.05) is 19.4 Å². The summed E-state index contributed by atoms with van der Waals surface area (Å²) in [6, 6.07) is 5.92. The Morgan fingerprint density at radius 3 is 2.74 bits per heavy atom. The van der Waals surface area contributed by atoms with E-state index in [1.807, 2.05) is 18.2 Å². The Bertz CT molecular complexity index is 366. The Morgan fingerprint density at radius 1 is 1.32 bits per heavy atom. The summed E-state index contributed by atoms with van der Waals surface area (Å²) in [5.41, 5.74) is 1.11. The summed E-state index contributed by atoms with van der Waals surface area (Å²) in [5, 5.41) is 12.4. The van der Waals surface area contributed by atoms with Gasteiger partial charge in [0.15, 0.2) is 11.5 Å². The maximum Gasteiger partial charge on any atom is 0.161 e. The molecule has 0 saturated heterocycles. The van der Waals surface area contributed by atoms with Gasteiger partial charge >= 0.3 is 0 Å². The number of aliphatic hydroxyl groups is 1. The van der Waals surface area contributed by atoms with Gasteiger partial charge in [-0.25, -0.2) is 0 Å². The molecule has 0 aliphatic carbocycles. The molecule has 0 spiro atoms. The molecule has 0 bridgehead atoms. The summed E-state index contributed by atoms with van der Waals surface area (Å²) in [7, 11) is 1.65. The summed E-state index contributed by atoms with van der Waals surface area (Å²) in [6.45, 7) is 5.90. The van der Waals surface area contributed by atoms with Crippen molar-refractivity contribution in [2.45, 2.75) is 39.3 Å². The maximum absolute atomic E-state index is 9.19. The first kappa shape index (κ1) is 15.8. The van der Waals surface area contributed by atoms with Gasteiger partial charge in [0.25, 0.3) is 0 Å². The van der Waals surface area contributed by atoms with Crippen LogP contribution in [-0.2, 0) is 6.54 Å². The first-order valence-corrected chi connectivity index (χ1v) is 6.85. The zero-order valence-electron chi connectivity index (χ0n) is 12.1. The summed E-state index contributed by atoms with van der Waals surface area (Å²) in [6.07, 6.45) is 1.82. The van der Waals surface area contributed by atoms with Crippen molar-refractivity contribution in [3.8, 4) is 11.5 Å². The predicted molar refractivity (Wildman–Crippen MR) is 76.8 cm³/mol. The molecule has 0 fully saturated rings. The number of hydrogen-bond acceptors (Lipinski definition) is 4. The van der Waals surface area contributed by atoms with Crippen LogP contribution in [0.15, 0.2) is 18.2 Å². The minimum absolute atomic E-state index is 0.335. The highest BCUT2D eigenvalue weighted by molar-refractivity contribution is 5.42. The van der Waals surface area contributed by atoms with E-state index in [2.05, 4.69) is 12.2 Å². The average Bonchev–Trinajstić information content (AvgIpc) is 2.39. The van der Waals surface area contributed by atoms with Gasteiger partial charge in [-0.2, -0.15) is 0 Å². The van der Waals surface area contributed by atoms with Crippen LogP contribution in [0.5, 0.6) is 11.5 Å². The number of benzene rings is 1. The van der Waals surface area contributed by atoms with Crippen molar-refractivity contribution in [3.05, 3.63) is 23.8 Å². The lowest BCUT2D eigenvalue weighted by Crippen LogP contribution is -2.23. The second-order valence-electron chi connectivity index (χ2n) is 4.67. The molecule has 1 unspecified atom stereocenters. The Balaban J connectivity index is 2.56. The summed E-state index contributed by atoms with van der Waals surface area (Å²) in [4.78, 5) is 0. The molecule has 1 atom stereocenters. The van der Waals surface area contributed by atoms with E-state index in [1.165, 1.54) is 0 Å². The van der Waals surface area contributed by atoms with Gasteiger partial charge in [0.1, 0.15) is 0 Å². The van der Waals surface area contributed by atoms with Gasteiger partial charge in [-0.3, -0.25) is 0 Å². The van der Waals surface area contributed by atoms with Crippen LogP contribution in [-0.4, -0.2) is 31.5 Å². The molecule has 2 N–H and O–H groups in total. The van der Waals surface area contributed by atoms with Gasteiger partial charge in [-0.05, 0) is 31.0 Å². The first-order valence-electron chi connectivity index (χ1n) is 6.85. The number of methoxy groups -OCH3 is 1. The van der Waals surface area contributed by atoms with E-state index >= 15 is 0 Å². The van der Waals surface area contributed by atoms with Crippen molar-refractivity contribution in [3.63, 3.8) is 0 Å². The molecule has 0 heterocycles. The average molecular weight is 267 g/mol. The van der Waals surface area contributed by atoms with Crippen molar-refractivity contribution in [2.24, 2.45) is 0 Å².